The first-order valence-corrected chi connectivity index (χ1v) is 17.9. The number of halogens is 1. The zero-order chi connectivity index (χ0) is 34.7. The van der Waals surface area contributed by atoms with Crippen LogP contribution in [0.2, 0.25) is 0 Å². The molecule has 1 saturated heterocycles. The van der Waals surface area contributed by atoms with Gasteiger partial charge in [0.25, 0.3) is 11.8 Å². The summed E-state index contributed by atoms with van der Waals surface area (Å²) in [5, 5.41) is 19.9. The largest absolute Gasteiger partial charge is 0.339 e. The van der Waals surface area contributed by atoms with E-state index in [1.165, 1.54) is 18.3 Å². The molecule has 0 radical (unpaired) electrons. The van der Waals surface area contributed by atoms with Crippen LogP contribution in [0.1, 0.15) is 90.9 Å². The highest BCUT2D eigenvalue weighted by Crippen LogP contribution is 2.38. The lowest BCUT2D eigenvalue weighted by Crippen LogP contribution is -2.59. The first-order chi connectivity index (χ1) is 23.6. The summed E-state index contributed by atoms with van der Waals surface area (Å²) in [6, 6.07) is 4.17. The Labute approximate surface area is 288 Å². The molecule has 1 spiro atoms. The fraction of sp³-hybridized carbons (Fsp3) is 0.559. The molecule has 49 heavy (non-hydrogen) atoms. The second kappa shape index (κ2) is 14.7. The van der Waals surface area contributed by atoms with Crippen molar-refractivity contribution in [1.82, 2.24) is 40.2 Å². The summed E-state index contributed by atoms with van der Waals surface area (Å²) in [6.45, 7) is 8.03. The molecule has 1 aliphatic heterocycles. The number of nitrogens with zero attached hydrogens (tertiary/aromatic N) is 5. The molecule has 13 nitrogen and oxygen atoms in total. The fourth-order valence-electron chi connectivity index (χ4n) is 7.04. The number of amides is 4. The summed E-state index contributed by atoms with van der Waals surface area (Å²) in [5.41, 5.74) is 0.726. The van der Waals surface area contributed by atoms with E-state index < -0.39 is 41.5 Å². The van der Waals surface area contributed by atoms with Crippen molar-refractivity contribution in [3.8, 4) is 0 Å². The van der Waals surface area contributed by atoms with Crippen LogP contribution >= 0.6 is 11.5 Å². The number of benzene rings is 1. The van der Waals surface area contributed by atoms with Crippen LogP contribution < -0.4 is 21.3 Å². The molecule has 2 aliphatic carbocycles. The average molecular weight is 694 g/mol. The van der Waals surface area contributed by atoms with Crippen LogP contribution in [0.5, 0.6) is 0 Å². The minimum Gasteiger partial charge on any atom is -0.339 e. The van der Waals surface area contributed by atoms with Gasteiger partial charge in [0.1, 0.15) is 28.5 Å². The Bertz CT molecular complexity index is 1670. The van der Waals surface area contributed by atoms with Crippen LogP contribution in [0.4, 0.5) is 10.1 Å². The van der Waals surface area contributed by atoms with E-state index in [4.69, 9.17) is 0 Å². The number of hydrogen-bond acceptors (Lipinski definition) is 9. The molecule has 15 heteroatoms. The van der Waals surface area contributed by atoms with Gasteiger partial charge in [-0.1, -0.05) is 37.2 Å². The van der Waals surface area contributed by atoms with Crippen LogP contribution in [0.15, 0.2) is 36.7 Å². The van der Waals surface area contributed by atoms with Gasteiger partial charge in [-0.25, -0.2) is 4.39 Å². The highest BCUT2D eigenvalue weighted by molar-refractivity contribution is 7.07. The maximum Gasteiger partial charge on any atom is 0.270 e. The molecule has 0 bridgehead atoms. The Hall–Kier alpha value is -4.24. The van der Waals surface area contributed by atoms with Crippen molar-refractivity contribution >= 4 is 40.8 Å². The summed E-state index contributed by atoms with van der Waals surface area (Å²) in [5.74, 6) is -2.50. The van der Waals surface area contributed by atoms with E-state index in [1.54, 1.807) is 34.8 Å². The SMILES string of the molecule is CCn1nccc1C(=O)N[C@H](C(=O)Nc1ccc([C@H](C)[C@@H](NC(=O)c2cnns2)C(=O)N2CCNC3(CC3)C2)cc1F)[C@H]1CC[C@H](C)CC1. The van der Waals surface area contributed by atoms with E-state index in [9.17, 15) is 19.2 Å². The molecule has 262 valence electrons. The minimum atomic E-state index is -0.979. The number of rotatable bonds is 11. The number of aryl methyl sites for hydroxylation is 1. The van der Waals surface area contributed by atoms with Crippen LogP contribution in [0.25, 0.3) is 0 Å². The lowest BCUT2D eigenvalue weighted by molar-refractivity contribution is -0.135. The molecule has 3 heterocycles. The molecular formula is C34H44FN9O4S. The smallest absolute Gasteiger partial charge is 0.270 e. The van der Waals surface area contributed by atoms with Crippen LogP contribution in [-0.2, 0) is 16.1 Å². The Morgan fingerprint density at radius 1 is 1.10 bits per heavy atom. The van der Waals surface area contributed by atoms with Crippen molar-refractivity contribution in [1.29, 1.82) is 0 Å². The normalized spacial score (nSPS) is 21.8. The van der Waals surface area contributed by atoms with Gasteiger partial charge >= 0.3 is 0 Å². The van der Waals surface area contributed by atoms with Gasteiger partial charge in [0, 0.05) is 43.8 Å². The fourth-order valence-corrected chi connectivity index (χ4v) is 7.45. The average Bonchev–Trinajstić information content (AvgIpc) is 3.47. The number of piperazine rings is 1. The maximum absolute atomic E-state index is 15.8. The molecule has 3 aliphatic rings. The predicted molar refractivity (Wildman–Crippen MR) is 181 cm³/mol. The molecule has 4 amide bonds. The highest BCUT2D eigenvalue weighted by atomic mass is 32.1. The number of aromatic nitrogens is 4. The second-order valence-corrected chi connectivity index (χ2v) is 14.5. The molecule has 3 fully saturated rings. The predicted octanol–water partition coefficient (Wildman–Crippen LogP) is 3.32. The van der Waals surface area contributed by atoms with Gasteiger partial charge < -0.3 is 26.2 Å². The zero-order valence-electron chi connectivity index (χ0n) is 28.1. The zero-order valence-corrected chi connectivity index (χ0v) is 28.9. The van der Waals surface area contributed by atoms with Gasteiger partial charge in [0.2, 0.25) is 11.8 Å². The third kappa shape index (κ3) is 7.82. The van der Waals surface area contributed by atoms with Crippen molar-refractivity contribution in [2.24, 2.45) is 11.8 Å². The van der Waals surface area contributed by atoms with E-state index in [-0.39, 0.29) is 27.9 Å². The van der Waals surface area contributed by atoms with Crippen molar-refractivity contribution < 1.29 is 23.6 Å². The molecular weight excluding hydrogens is 649 g/mol. The minimum absolute atomic E-state index is 0.0385. The van der Waals surface area contributed by atoms with Crippen molar-refractivity contribution in [3.05, 3.63) is 58.6 Å². The third-order valence-electron chi connectivity index (χ3n) is 10.3. The number of carbonyl (C=O) groups is 4. The standard InChI is InChI=1S/C34H44FN9O4S/c1-4-44-26(11-14-38-44)30(45)41-29(22-7-5-20(2)6-8-22)32(47)39-25-10-9-23(17-24(25)35)21(3)28(40-31(46)27-18-37-42-49-27)33(48)43-16-15-36-34(19-43)12-13-34/h9-11,14,17-18,20-22,28-29,36H,4-8,12-13,15-16,19H2,1-3H3,(H,39,47)(H,40,46)(H,41,45)/t20-,21-,22-,28+,29-/m0/s1. The van der Waals surface area contributed by atoms with Gasteiger partial charge in [-0.2, -0.15) is 5.10 Å². The summed E-state index contributed by atoms with van der Waals surface area (Å²) in [6.07, 6.45) is 8.25. The Balaban J connectivity index is 1.20. The maximum atomic E-state index is 15.8. The number of nitrogens with one attached hydrogen (secondary N) is 4. The van der Waals surface area contributed by atoms with Crippen molar-refractivity contribution in [3.63, 3.8) is 0 Å². The van der Waals surface area contributed by atoms with Gasteiger partial charge in [-0.15, -0.1) is 5.10 Å². The van der Waals surface area contributed by atoms with E-state index in [0.717, 1.165) is 50.1 Å². The molecule has 2 aromatic heterocycles. The third-order valence-corrected chi connectivity index (χ3v) is 11.0. The van der Waals surface area contributed by atoms with Crippen LogP contribution in [-0.4, -0.2) is 85.2 Å². The summed E-state index contributed by atoms with van der Waals surface area (Å²) in [7, 11) is 0. The van der Waals surface area contributed by atoms with E-state index in [1.807, 2.05) is 6.92 Å². The molecule has 3 atom stereocenters. The van der Waals surface area contributed by atoms with Crippen LogP contribution in [0, 0.1) is 17.7 Å². The van der Waals surface area contributed by atoms with Gasteiger partial charge in [-0.3, -0.25) is 23.9 Å². The lowest BCUT2D eigenvalue weighted by atomic mass is 9.79. The second-order valence-electron chi connectivity index (χ2n) is 13.7. The van der Waals surface area contributed by atoms with Crippen LogP contribution in [0.3, 0.4) is 0 Å². The first-order valence-electron chi connectivity index (χ1n) is 17.1. The summed E-state index contributed by atoms with van der Waals surface area (Å²) in [4.78, 5) is 56.1. The molecule has 6 rings (SSSR count). The van der Waals surface area contributed by atoms with E-state index in [2.05, 4.69) is 42.9 Å². The van der Waals surface area contributed by atoms with Gasteiger partial charge in [0.05, 0.1) is 11.9 Å². The number of hydrogen-bond donors (Lipinski definition) is 4. The monoisotopic (exact) mass is 693 g/mol. The molecule has 2 saturated carbocycles. The molecule has 1 aromatic carbocycles. The lowest BCUT2D eigenvalue weighted by Gasteiger charge is -2.37. The van der Waals surface area contributed by atoms with E-state index in [0.29, 0.717) is 43.4 Å². The van der Waals surface area contributed by atoms with Crippen molar-refractivity contribution in [2.75, 3.05) is 25.0 Å². The number of anilines is 1. The summed E-state index contributed by atoms with van der Waals surface area (Å²) >= 11 is 0.926. The molecule has 0 unspecified atom stereocenters. The number of carbonyl (C=O) groups excluding carboxylic acids is 4. The topological polar surface area (TPSA) is 163 Å². The Morgan fingerprint density at radius 3 is 2.55 bits per heavy atom. The summed E-state index contributed by atoms with van der Waals surface area (Å²) < 4.78 is 21.1. The Kier molecular flexibility index (Phi) is 10.4. The van der Waals surface area contributed by atoms with Crippen molar-refractivity contribution in [2.45, 2.75) is 89.4 Å². The quantitative estimate of drug-likeness (QED) is 0.238. The van der Waals surface area contributed by atoms with Gasteiger partial charge in [0.15, 0.2) is 0 Å². The van der Waals surface area contributed by atoms with E-state index >= 15 is 4.39 Å². The molecule has 3 aromatic rings. The Morgan fingerprint density at radius 2 is 1.88 bits per heavy atom. The highest BCUT2D eigenvalue weighted by Gasteiger charge is 2.47. The first kappa shape index (κ1) is 34.6. The van der Waals surface area contributed by atoms with Gasteiger partial charge in [-0.05, 0) is 79.7 Å². The molecule has 4 N–H and O–H groups in total.